The molecule has 0 rings (SSSR count). The van der Waals surface area contributed by atoms with Crippen molar-refractivity contribution in [2.75, 3.05) is 23.9 Å². The van der Waals surface area contributed by atoms with Crippen LogP contribution in [-0.2, 0) is 18.2 Å². The van der Waals surface area contributed by atoms with Crippen molar-refractivity contribution in [1.82, 2.24) is 0 Å². The summed E-state index contributed by atoms with van der Waals surface area (Å²) >= 11 is 6.15. The molecule has 12 heteroatoms. The number of hydrogen-bond acceptors (Lipinski definition) is 4. The molecule has 104 valence electrons. The first kappa shape index (κ1) is 18.2. The van der Waals surface area contributed by atoms with E-state index in [1.807, 2.05) is 0 Å². The van der Waals surface area contributed by atoms with Crippen LogP contribution in [0.5, 0.6) is 0 Å². The second-order valence-corrected chi connectivity index (χ2v) is 6.90. The summed E-state index contributed by atoms with van der Waals surface area (Å²) in [5, 5.41) is 0.344. The van der Waals surface area contributed by atoms with Gasteiger partial charge in [0.25, 0.3) is 0 Å². The molecule has 0 aromatic rings. The molecular formula is C5H12Br2O8P2. The van der Waals surface area contributed by atoms with E-state index in [4.69, 9.17) is 19.6 Å². The monoisotopic (exact) mass is 420 g/mol. The third-order valence-corrected chi connectivity index (χ3v) is 4.95. The van der Waals surface area contributed by atoms with E-state index >= 15 is 0 Å². The number of phosphoric acid groups is 2. The Balaban J connectivity index is 4.56. The van der Waals surface area contributed by atoms with Crippen molar-refractivity contribution in [3.63, 3.8) is 0 Å². The quantitative estimate of drug-likeness (QED) is 0.336. The number of halogens is 2. The molecule has 0 amide bonds. The molecule has 0 aliphatic carbocycles. The summed E-state index contributed by atoms with van der Waals surface area (Å²) in [4.78, 5) is 34.3. The predicted octanol–water partition coefficient (Wildman–Crippen LogP) is 0.981. The molecule has 0 radical (unpaired) electrons. The summed E-state index contributed by atoms with van der Waals surface area (Å²) in [6.07, 6.45) is 0. The Morgan fingerprint density at radius 2 is 1.18 bits per heavy atom. The fourth-order valence-corrected chi connectivity index (χ4v) is 3.13. The Kier molecular flexibility index (Phi) is 7.59. The van der Waals surface area contributed by atoms with Gasteiger partial charge >= 0.3 is 15.6 Å². The lowest BCUT2D eigenvalue weighted by Gasteiger charge is -2.29. The van der Waals surface area contributed by atoms with E-state index in [0.717, 1.165) is 0 Å². The number of alkyl halides is 2. The van der Waals surface area contributed by atoms with E-state index in [9.17, 15) is 9.13 Å². The van der Waals surface area contributed by atoms with Crippen molar-refractivity contribution in [3.05, 3.63) is 0 Å². The third-order valence-electron chi connectivity index (χ3n) is 1.64. The van der Waals surface area contributed by atoms with Gasteiger partial charge in [0.05, 0.1) is 13.2 Å². The molecule has 17 heavy (non-hydrogen) atoms. The average molecular weight is 422 g/mol. The zero-order chi connectivity index (χ0) is 13.7. The summed E-state index contributed by atoms with van der Waals surface area (Å²) in [6.45, 7) is -0.846. The van der Waals surface area contributed by atoms with Crippen LogP contribution in [0, 0.1) is 5.41 Å². The molecule has 0 aromatic heterocycles. The standard InChI is InChI=1S/C5H12Br2O8P2/c6-1-5(2-7,3-14-16(8,9)10)4-15-17(11,12)13/h1-4H2,(H2,8,9,10)(H2,11,12,13). The normalized spacial score (nSPS) is 14.0. The van der Waals surface area contributed by atoms with Crippen LogP contribution >= 0.6 is 47.5 Å². The van der Waals surface area contributed by atoms with E-state index < -0.39 is 34.3 Å². The summed E-state index contributed by atoms with van der Waals surface area (Å²) in [5.41, 5.74) is -0.998. The second kappa shape index (κ2) is 7.09. The van der Waals surface area contributed by atoms with E-state index in [1.165, 1.54) is 0 Å². The van der Waals surface area contributed by atoms with Crippen molar-refractivity contribution in [3.8, 4) is 0 Å². The van der Waals surface area contributed by atoms with Gasteiger partial charge in [-0.05, 0) is 0 Å². The lowest BCUT2D eigenvalue weighted by molar-refractivity contribution is 0.0783. The number of rotatable bonds is 8. The van der Waals surface area contributed by atoms with Gasteiger partial charge in [-0.3, -0.25) is 9.05 Å². The fourth-order valence-electron chi connectivity index (χ4n) is 0.674. The SMILES string of the molecule is O=P(O)(O)OCC(CBr)(CBr)COP(=O)(O)O. The van der Waals surface area contributed by atoms with Crippen molar-refractivity contribution >= 4 is 47.5 Å². The lowest BCUT2D eigenvalue weighted by Crippen LogP contribution is -2.35. The first-order valence-corrected chi connectivity index (χ1v) is 9.36. The van der Waals surface area contributed by atoms with E-state index in [1.54, 1.807) is 0 Å². The zero-order valence-corrected chi connectivity index (χ0v) is 13.4. The molecule has 0 unspecified atom stereocenters. The lowest BCUT2D eigenvalue weighted by atomic mass is 9.97. The molecule has 0 aliphatic rings. The van der Waals surface area contributed by atoms with Crippen LogP contribution in [0.4, 0.5) is 0 Å². The van der Waals surface area contributed by atoms with Crippen LogP contribution in [-0.4, -0.2) is 43.4 Å². The molecule has 4 N–H and O–H groups in total. The van der Waals surface area contributed by atoms with Gasteiger partial charge in [-0.25, -0.2) is 9.13 Å². The molecule has 0 aliphatic heterocycles. The van der Waals surface area contributed by atoms with Gasteiger partial charge in [0.15, 0.2) is 0 Å². The highest BCUT2D eigenvalue weighted by Gasteiger charge is 2.34. The zero-order valence-electron chi connectivity index (χ0n) is 8.40. The van der Waals surface area contributed by atoms with Gasteiger partial charge in [-0.15, -0.1) is 0 Å². The topological polar surface area (TPSA) is 134 Å². The average Bonchev–Trinajstić information content (AvgIpc) is 2.16. The minimum atomic E-state index is -4.64. The molecule has 0 bridgehead atoms. The van der Waals surface area contributed by atoms with Crippen LogP contribution in [0.15, 0.2) is 0 Å². The van der Waals surface area contributed by atoms with Crippen LogP contribution < -0.4 is 0 Å². The Labute approximate surface area is 114 Å². The molecule has 0 fully saturated rings. The highest BCUT2D eigenvalue weighted by atomic mass is 79.9. The third kappa shape index (κ3) is 8.83. The molecule has 0 heterocycles. The van der Waals surface area contributed by atoms with E-state index in [2.05, 4.69) is 40.9 Å². The predicted molar refractivity (Wildman–Crippen MR) is 66.0 cm³/mol. The van der Waals surface area contributed by atoms with Gasteiger partial charge < -0.3 is 19.6 Å². The van der Waals surface area contributed by atoms with Crippen molar-refractivity contribution in [2.24, 2.45) is 5.41 Å². The van der Waals surface area contributed by atoms with Gasteiger partial charge in [-0.1, -0.05) is 31.9 Å². The van der Waals surface area contributed by atoms with Crippen molar-refractivity contribution in [2.45, 2.75) is 0 Å². The van der Waals surface area contributed by atoms with Crippen LogP contribution in [0.2, 0.25) is 0 Å². The van der Waals surface area contributed by atoms with Crippen molar-refractivity contribution in [1.29, 1.82) is 0 Å². The second-order valence-electron chi connectivity index (χ2n) is 3.30. The molecule has 0 saturated carbocycles. The Hall–Kier alpha value is 1.18. The molecule has 0 spiro atoms. The fraction of sp³-hybridized carbons (Fsp3) is 1.00. The maximum absolute atomic E-state index is 10.6. The molecule has 0 atom stereocenters. The highest BCUT2D eigenvalue weighted by Crippen LogP contribution is 2.42. The van der Waals surface area contributed by atoms with Gasteiger partial charge in [0, 0.05) is 16.1 Å². The van der Waals surface area contributed by atoms with Gasteiger partial charge in [0.2, 0.25) is 0 Å². The van der Waals surface area contributed by atoms with Gasteiger partial charge in [-0.2, -0.15) is 0 Å². The van der Waals surface area contributed by atoms with Crippen LogP contribution in [0.1, 0.15) is 0 Å². The minimum Gasteiger partial charge on any atom is -0.303 e. The van der Waals surface area contributed by atoms with Crippen LogP contribution in [0.3, 0.4) is 0 Å². The van der Waals surface area contributed by atoms with Crippen LogP contribution in [0.25, 0.3) is 0 Å². The van der Waals surface area contributed by atoms with Gasteiger partial charge in [0.1, 0.15) is 0 Å². The molecular weight excluding hydrogens is 410 g/mol. The van der Waals surface area contributed by atoms with E-state index in [-0.39, 0.29) is 10.7 Å². The summed E-state index contributed by atoms with van der Waals surface area (Å²) in [5.74, 6) is 0. The Bertz CT molecular complexity index is 292. The largest absolute Gasteiger partial charge is 0.469 e. The maximum Gasteiger partial charge on any atom is 0.469 e. The minimum absolute atomic E-state index is 0.172. The first-order chi connectivity index (χ1) is 7.54. The Morgan fingerprint density at radius 3 is 1.35 bits per heavy atom. The van der Waals surface area contributed by atoms with E-state index in [0.29, 0.717) is 0 Å². The summed E-state index contributed by atoms with van der Waals surface area (Å²) in [7, 11) is -9.29. The molecule has 0 aromatic carbocycles. The van der Waals surface area contributed by atoms with Crippen molar-refractivity contribution < 1.29 is 37.8 Å². The smallest absolute Gasteiger partial charge is 0.303 e. The highest BCUT2D eigenvalue weighted by molar-refractivity contribution is 9.09. The Morgan fingerprint density at radius 1 is 0.882 bits per heavy atom. The number of phosphoric ester groups is 2. The molecule has 8 nitrogen and oxygen atoms in total. The summed E-state index contributed by atoms with van der Waals surface area (Å²) < 4.78 is 29.7. The number of hydrogen-bond donors (Lipinski definition) is 4. The maximum atomic E-state index is 10.6. The first-order valence-electron chi connectivity index (χ1n) is 4.06. The molecule has 0 saturated heterocycles. The summed E-state index contributed by atoms with van der Waals surface area (Å²) in [6, 6.07) is 0.